The highest BCUT2D eigenvalue weighted by Gasteiger charge is 2.22. The van der Waals surface area contributed by atoms with Crippen LogP contribution in [0.5, 0.6) is 0 Å². The molecule has 0 unspecified atom stereocenters. The van der Waals surface area contributed by atoms with Crippen LogP contribution in [0, 0.1) is 0 Å². The van der Waals surface area contributed by atoms with E-state index in [1.165, 1.54) is 11.1 Å². The first-order chi connectivity index (χ1) is 9.91. The second-order valence-corrected chi connectivity index (χ2v) is 5.77. The molecule has 0 bridgehead atoms. The molecule has 0 fully saturated rings. The summed E-state index contributed by atoms with van der Waals surface area (Å²) in [5.41, 5.74) is 3.56. The van der Waals surface area contributed by atoms with Gasteiger partial charge in [-0.2, -0.15) is 0 Å². The maximum Gasteiger partial charge on any atom is 0.331 e. The zero-order valence-electron chi connectivity index (χ0n) is 12.5. The average Bonchev–Trinajstić information content (AvgIpc) is 2.48. The predicted octanol–water partition coefficient (Wildman–Crippen LogP) is 4.20. The van der Waals surface area contributed by atoms with E-state index in [2.05, 4.69) is 44.7 Å². The minimum Gasteiger partial charge on any atom is -0.478 e. The Kier molecular flexibility index (Phi) is 4.27. The van der Waals surface area contributed by atoms with Crippen LogP contribution in [0.25, 0.3) is 0 Å². The van der Waals surface area contributed by atoms with Gasteiger partial charge in [-0.05, 0) is 16.7 Å². The van der Waals surface area contributed by atoms with Gasteiger partial charge in [-0.1, -0.05) is 75.0 Å². The van der Waals surface area contributed by atoms with Crippen molar-refractivity contribution in [2.75, 3.05) is 0 Å². The minimum absolute atomic E-state index is 0.0798. The van der Waals surface area contributed by atoms with E-state index < -0.39 is 5.97 Å². The van der Waals surface area contributed by atoms with Crippen LogP contribution < -0.4 is 0 Å². The van der Waals surface area contributed by atoms with Crippen LogP contribution in [0.2, 0.25) is 0 Å². The molecule has 0 aliphatic heterocycles. The van der Waals surface area contributed by atoms with Crippen molar-refractivity contribution in [3.05, 3.63) is 83.4 Å². The molecule has 0 saturated carbocycles. The van der Waals surface area contributed by atoms with Gasteiger partial charge in [0.05, 0.1) is 0 Å². The summed E-state index contributed by atoms with van der Waals surface area (Å²) < 4.78 is 0. The first kappa shape index (κ1) is 15.0. The van der Waals surface area contributed by atoms with E-state index in [9.17, 15) is 4.79 Å². The van der Waals surface area contributed by atoms with Gasteiger partial charge in [0.25, 0.3) is 0 Å². The zero-order valence-corrected chi connectivity index (χ0v) is 12.5. The molecule has 1 N–H and O–H groups in total. The molecule has 0 aliphatic rings. The molecule has 0 atom stereocenters. The van der Waals surface area contributed by atoms with E-state index >= 15 is 0 Å². The molecule has 21 heavy (non-hydrogen) atoms. The number of carboxylic acids is 1. The summed E-state index contributed by atoms with van der Waals surface area (Å²) in [5.74, 6) is -0.941. The highest BCUT2D eigenvalue weighted by atomic mass is 16.4. The predicted molar refractivity (Wildman–Crippen MR) is 85.5 cm³/mol. The molecule has 0 saturated heterocycles. The third kappa shape index (κ3) is 3.40. The largest absolute Gasteiger partial charge is 0.478 e. The third-order valence-corrected chi connectivity index (χ3v) is 3.89. The normalized spacial score (nSPS) is 11.1. The van der Waals surface area contributed by atoms with Crippen molar-refractivity contribution in [2.24, 2.45) is 0 Å². The molecule has 2 nitrogen and oxygen atoms in total. The van der Waals surface area contributed by atoms with Crippen LogP contribution >= 0.6 is 0 Å². The lowest BCUT2D eigenvalue weighted by molar-refractivity contribution is -0.132. The van der Waals surface area contributed by atoms with Crippen molar-refractivity contribution in [3.63, 3.8) is 0 Å². The molecule has 0 aliphatic carbocycles. The van der Waals surface area contributed by atoms with Crippen LogP contribution in [0.1, 0.15) is 30.5 Å². The van der Waals surface area contributed by atoms with Crippen LogP contribution in [-0.2, 0) is 16.6 Å². The highest BCUT2D eigenvalue weighted by Crippen LogP contribution is 2.31. The van der Waals surface area contributed by atoms with Crippen LogP contribution in [-0.4, -0.2) is 11.1 Å². The van der Waals surface area contributed by atoms with E-state index in [-0.39, 0.29) is 11.0 Å². The molecular formula is C19H20O2. The summed E-state index contributed by atoms with van der Waals surface area (Å²) >= 11 is 0. The first-order valence-electron chi connectivity index (χ1n) is 6.97. The molecule has 2 aromatic rings. The summed E-state index contributed by atoms with van der Waals surface area (Å²) in [6.07, 6.45) is 0.376. The Hall–Kier alpha value is -2.35. The van der Waals surface area contributed by atoms with Gasteiger partial charge in [0, 0.05) is 17.4 Å². The summed E-state index contributed by atoms with van der Waals surface area (Å²) in [6, 6.07) is 18.4. The average molecular weight is 280 g/mol. The van der Waals surface area contributed by atoms with Crippen LogP contribution in [0.4, 0.5) is 0 Å². The Balaban J connectivity index is 2.22. The van der Waals surface area contributed by atoms with Crippen LogP contribution in [0.15, 0.2) is 66.7 Å². The second-order valence-electron chi connectivity index (χ2n) is 5.77. The second kappa shape index (κ2) is 5.96. The lowest BCUT2D eigenvalue weighted by atomic mass is 9.78. The van der Waals surface area contributed by atoms with Crippen molar-refractivity contribution in [2.45, 2.75) is 25.7 Å². The number of benzene rings is 2. The van der Waals surface area contributed by atoms with Gasteiger partial charge in [-0.25, -0.2) is 4.79 Å². The number of carbonyl (C=O) groups is 1. The maximum absolute atomic E-state index is 10.8. The van der Waals surface area contributed by atoms with E-state index in [1.807, 2.05) is 30.3 Å². The van der Waals surface area contributed by atoms with Crippen molar-refractivity contribution < 1.29 is 9.90 Å². The maximum atomic E-state index is 10.8. The SMILES string of the molecule is C=C(Cc1ccc(C(C)(C)c2ccccc2)cc1)C(=O)O. The van der Waals surface area contributed by atoms with E-state index in [4.69, 9.17) is 5.11 Å². The van der Waals surface area contributed by atoms with Crippen molar-refractivity contribution in [3.8, 4) is 0 Å². The monoisotopic (exact) mass is 280 g/mol. The summed E-state index contributed by atoms with van der Waals surface area (Å²) in [5, 5.41) is 8.88. The Bertz CT molecular complexity index is 637. The van der Waals surface area contributed by atoms with Crippen LogP contribution in [0.3, 0.4) is 0 Å². The molecule has 0 radical (unpaired) electrons. The van der Waals surface area contributed by atoms with E-state index in [0.29, 0.717) is 6.42 Å². The van der Waals surface area contributed by atoms with Gasteiger partial charge in [0.2, 0.25) is 0 Å². The molecule has 2 aromatic carbocycles. The fourth-order valence-corrected chi connectivity index (χ4v) is 2.38. The Morgan fingerprint density at radius 3 is 2.05 bits per heavy atom. The number of rotatable bonds is 5. The zero-order chi connectivity index (χ0) is 15.5. The smallest absolute Gasteiger partial charge is 0.331 e. The molecule has 0 amide bonds. The summed E-state index contributed by atoms with van der Waals surface area (Å²) in [4.78, 5) is 10.8. The minimum atomic E-state index is -0.941. The standard InChI is InChI=1S/C19H20O2/c1-14(18(20)21)13-15-9-11-17(12-10-15)19(2,3)16-7-5-4-6-8-16/h4-12H,1,13H2,2-3H3,(H,20,21). The van der Waals surface area contributed by atoms with Crippen molar-refractivity contribution in [1.82, 2.24) is 0 Å². The molecule has 2 rings (SSSR count). The molecule has 0 spiro atoms. The summed E-state index contributed by atoms with van der Waals surface area (Å²) in [7, 11) is 0. The van der Waals surface area contributed by atoms with Gasteiger partial charge >= 0.3 is 5.97 Å². The molecule has 108 valence electrons. The van der Waals surface area contributed by atoms with Crippen molar-refractivity contribution >= 4 is 5.97 Å². The Morgan fingerprint density at radius 2 is 1.52 bits per heavy atom. The fourth-order valence-electron chi connectivity index (χ4n) is 2.38. The number of carboxylic acid groups (broad SMARTS) is 1. The van der Waals surface area contributed by atoms with E-state index in [0.717, 1.165) is 5.56 Å². The lowest BCUT2D eigenvalue weighted by Gasteiger charge is -2.26. The first-order valence-corrected chi connectivity index (χ1v) is 6.97. The topological polar surface area (TPSA) is 37.3 Å². The van der Waals surface area contributed by atoms with Gasteiger partial charge < -0.3 is 5.11 Å². The number of hydrogen-bond acceptors (Lipinski definition) is 1. The highest BCUT2D eigenvalue weighted by molar-refractivity contribution is 5.86. The Labute approximate surface area is 125 Å². The molecular weight excluding hydrogens is 260 g/mol. The third-order valence-electron chi connectivity index (χ3n) is 3.89. The Morgan fingerprint density at radius 1 is 1.00 bits per heavy atom. The van der Waals surface area contributed by atoms with Crippen molar-refractivity contribution in [1.29, 1.82) is 0 Å². The van der Waals surface area contributed by atoms with Gasteiger partial charge in [-0.3, -0.25) is 0 Å². The molecule has 0 aromatic heterocycles. The van der Waals surface area contributed by atoms with Gasteiger partial charge in [-0.15, -0.1) is 0 Å². The fraction of sp³-hybridized carbons (Fsp3) is 0.211. The number of aliphatic carboxylic acids is 1. The molecule has 0 heterocycles. The van der Waals surface area contributed by atoms with Gasteiger partial charge in [0.1, 0.15) is 0 Å². The lowest BCUT2D eigenvalue weighted by Crippen LogP contribution is -2.18. The number of hydrogen-bond donors (Lipinski definition) is 1. The van der Waals surface area contributed by atoms with E-state index in [1.54, 1.807) is 0 Å². The summed E-state index contributed by atoms with van der Waals surface area (Å²) in [6.45, 7) is 7.94. The van der Waals surface area contributed by atoms with Gasteiger partial charge in [0.15, 0.2) is 0 Å². The molecule has 2 heteroatoms. The quantitative estimate of drug-likeness (QED) is 0.834.